The van der Waals surface area contributed by atoms with E-state index in [1.165, 1.54) is 7.11 Å². The first-order chi connectivity index (χ1) is 14.5. The van der Waals surface area contributed by atoms with Gasteiger partial charge in [-0.25, -0.2) is 0 Å². The van der Waals surface area contributed by atoms with Crippen LogP contribution in [0.25, 0.3) is 0 Å². The molecule has 0 bridgehead atoms. The van der Waals surface area contributed by atoms with E-state index in [9.17, 15) is 9.59 Å². The van der Waals surface area contributed by atoms with Crippen LogP contribution in [0.5, 0.6) is 23.0 Å². The average Bonchev–Trinajstić information content (AvgIpc) is 2.77. The number of hydrazine groups is 1. The zero-order valence-corrected chi connectivity index (χ0v) is 17.7. The van der Waals surface area contributed by atoms with Crippen LogP contribution in [0.4, 0.5) is 0 Å². The van der Waals surface area contributed by atoms with E-state index >= 15 is 0 Å². The standard InChI is InChI=1S/C22H28N2O6/c1-5-12-30-18-11-9-16(14-20(18)29-7-3)22(26)24-23-21(25)15-8-10-17(28-6-2)19(13-15)27-4/h8-11,13-14H,5-7,12H2,1-4H3,(H,23,25)(H,24,26). The Bertz CT molecular complexity index is 869. The van der Waals surface area contributed by atoms with Gasteiger partial charge in [0, 0.05) is 11.1 Å². The molecule has 0 unspecified atom stereocenters. The Hall–Kier alpha value is -3.42. The predicted octanol–water partition coefficient (Wildman–Crippen LogP) is 3.36. The highest BCUT2D eigenvalue weighted by molar-refractivity contribution is 5.99. The quantitative estimate of drug-likeness (QED) is 0.577. The van der Waals surface area contributed by atoms with Crippen LogP contribution in [-0.2, 0) is 0 Å². The number of hydrogen-bond acceptors (Lipinski definition) is 6. The number of benzene rings is 2. The van der Waals surface area contributed by atoms with Crippen molar-refractivity contribution in [3.63, 3.8) is 0 Å². The third kappa shape index (κ3) is 6.04. The van der Waals surface area contributed by atoms with Gasteiger partial charge in [-0.3, -0.25) is 20.4 Å². The number of carbonyl (C=O) groups is 2. The maximum absolute atomic E-state index is 12.5. The van der Waals surface area contributed by atoms with Gasteiger partial charge in [-0.1, -0.05) is 6.92 Å². The van der Waals surface area contributed by atoms with Gasteiger partial charge >= 0.3 is 0 Å². The Kier molecular flexibility index (Phi) is 8.80. The molecule has 2 rings (SSSR count). The lowest BCUT2D eigenvalue weighted by Gasteiger charge is -2.14. The predicted molar refractivity (Wildman–Crippen MR) is 112 cm³/mol. The molecule has 0 aliphatic rings. The summed E-state index contributed by atoms with van der Waals surface area (Å²) in [4.78, 5) is 24.9. The van der Waals surface area contributed by atoms with Crippen molar-refractivity contribution in [1.82, 2.24) is 10.9 Å². The molecule has 0 spiro atoms. The highest BCUT2D eigenvalue weighted by atomic mass is 16.5. The molecule has 8 heteroatoms. The number of rotatable bonds is 10. The first-order valence-corrected chi connectivity index (χ1v) is 9.85. The summed E-state index contributed by atoms with van der Waals surface area (Å²) in [7, 11) is 1.49. The lowest BCUT2D eigenvalue weighted by atomic mass is 10.2. The summed E-state index contributed by atoms with van der Waals surface area (Å²) >= 11 is 0. The van der Waals surface area contributed by atoms with E-state index in [1.54, 1.807) is 36.4 Å². The molecule has 0 heterocycles. The van der Waals surface area contributed by atoms with Crippen molar-refractivity contribution in [1.29, 1.82) is 0 Å². The van der Waals surface area contributed by atoms with E-state index in [-0.39, 0.29) is 0 Å². The molecule has 162 valence electrons. The summed E-state index contributed by atoms with van der Waals surface area (Å²) in [6.45, 7) is 7.17. The van der Waals surface area contributed by atoms with Crippen molar-refractivity contribution in [2.45, 2.75) is 27.2 Å². The van der Waals surface area contributed by atoms with Gasteiger partial charge in [0.1, 0.15) is 0 Å². The maximum Gasteiger partial charge on any atom is 0.269 e. The number of methoxy groups -OCH3 is 1. The first-order valence-electron chi connectivity index (χ1n) is 9.85. The van der Waals surface area contributed by atoms with E-state index in [4.69, 9.17) is 18.9 Å². The molecule has 0 aromatic heterocycles. The zero-order valence-electron chi connectivity index (χ0n) is 17.7. The molecule has 0 fully saturated rings. The molecule has 0 aliphatic heterocycles. The molecule has 0 saturated heterocycles. The SMILES string of the molecule is CCCOc1ccc(C(=O)NNC(=O)c2ccc(OCC)c(OC)c2)cc1OCC. The molecule has 8 nitrogen and oxygen atoms in total. The lowest BCUT2D eigenvalue weighted by Crippen LogP contribution is -2.41. The van der Waals surface area contributed by atoms with Gasteiger partial charge in [0.05, 0.1) is 26.9 Å². The Labute approximate surface area is 176 Å². The topological polar surface area (TPSA) is 95.1 Å². The minimum absolute atomic E-state index is 0.314. The fourth-order valence-electron chi connectivity index (χ4n) is 2.59. The fourth-order valence-corrected chi connectivity index (χ4v) is 2.59. The lowest BCUT2D eigenvalue weighted by molar-refractivity contribution is 0.0846. The number of amides is 2. The average molecular weight is 416 g/mol. The highest BCUT2D eigenvalue weighted by Gasteiger charge is 2.15. The number of nitrogens with one attached hydrogen (secondary N) is 2. The normalized spacial score (nSPS) is 10.1. The first kappa shape index (κ1) is 22.9. The molecule has 0 aliphatic carbocycles. The minimum Gasteiger partial charge on any atom is -0.493 e. The second-order valence-electron chi connectivity index (χ2n) is 6.15. The van der Waals surface area contributed by atoms with E-state index < -0.39 is 11.8 Å². The summed E-state index contributed by atoms with van der Waals surface area (Å²) < 4.78 is 21.9. The Morgan fingerprint density at radius 3 is 1.73 bits per heavy atom. The van der Waals surface area contributed by atoms with Crippen LogP contribution in [0.2, 0.25) is 0 Å². The van der Waals surface area contributed by atoms with Gasteiger partial charge in [0.15, 0.2) is 23.0 Å². The van der Waals surface area contributed by atoms with E-state index in [1.807, 2.05) is 20.8 Å². The van der Waals surface area contributed by atoms with Crippen molar-refractivity contribution in [3.05, 3.63) is 47.5 Å². The van der Waals surface area contributed by atoms with Gasteiger partial charge in [0.25, 0.3) is 11.8 Å². The Balaban J connectivity index is 2.05. The van der Waals surface area contributed by atoms with Crippen molar-refractivity contribution in [2.24, 2.45) is 0 Å². The minimum atomic E-state index is -0.488. The summed E-state index contributed by atoms with van der Waals surface area (Å²) in [5, 5.41) is 0. The van der Waals surface area contributed by atoms with Gasteiger partial charge < -0.3 is 18.9 Å². The molecule has 2 aromatic carbocycles. The van der Waals surface area contributed by atoms with Gasteiger partial charge in [-0.05, 0) is 56.7 Å². The van der Waals surface area contributed by atoms with Crippen molar-refractivity contribution in [2.75, 3.05) is 26.9 Å². The summed E-state index contributed by atoms with van der Waals surface area (Å²) in [6, 6.07) is 9.63. The number of hydrogen-bond donors (Lipinski definition) is 2. The molecule has 2 amide bonds. The molecule has 0 atom stereocenters. The fraction of sp³-hybridized carbons (Fsp3) is 0.364. The van der Waals surface area contributed by atoms with Gasteiger partial charge in [0.2, 0.25) is 0 Å². The number of carbonyl (C=O) groups excluding carboxylic acids is 2. The maximum atomic E-state index is 12.5. The molecule has 30 heavy (non-hydrogen) atoms. The molecular formula is C22H28N2O6. The van der Waals surface area contributed by atoms with Crippen LogP contribution >= 0.6 is 0 Å². The Morgan fingerprint density at radius 2 is 1.23 bits per heavy atom. The van der Waals surface area contributed by atoms with E-state index in [0.29, 0.717) is 53.9 Å². The van der Waals surface area contributed by atoms with Crippen LogP contribution in [-0.4, -0.2) is 38.7 Å². The van der Waals surface area contributed by atoms with Gasteiger partial charge in [-0.15, -0.1) is 0 Å². The van der Waals surface area contributed by atoms with Crippen LogP contribution in [0.1, 0.15) is 47.9 Å². The van der Waals surface area contributed by atoms with Crippen molar-refractivity contribution < 1.29 is 28.5 Å². The smallest absolute Gasteiger partial charge is 0.269 e. The third-order valence-electron chi connectivity index (χ3n) is 3.98. The third-order valence-corrected chi connectivity index (χ3v) is 3.98. The molecule has 0 saturated carbocycles. The summed E-state index contributed by atoms with van der Waals surface area (Å²) in [5.41, 5.74) is 5.43. The molecule has 0 radical (unpaired) electrons. The molecule has 2 aromatic rings. The monoisotopic (exact) mass is 416 g/mol. The van der Waals surface area contributed by atoms with Crippen LogP contribution in [0, 0.1) is 0 Å². The van der Waals surface area contributed by atoms with Crippen LogP contribution < -0.4 is 29.8 Å². The van der Waals surface area contributed by atoms with Crippen LogP contribution in [0.15, 0.2) is 36.4 Å². The largest absolute Gasteiger partial charge is 0.493 e. The van der Waals surface area contributed by atoms with Gasteiger partial charge in [-0.2, -0.15) is 0 Å². The summed E-state index contributed by atoms with van der Waals surface area (Å²) in [5.74, 6) is 1.04. The summed E-state index contributed by atoms with van der Waals surface area (Å²) in [6.07, 6.45) is 0.857. The van der Waals surface area contributed by atoms with E-state index in [2.05, 4.69) is 10.9 Å². The highest BCUT2D eigenvalue weighted by Crippen LogP contribution is 2.29. The van der Waals surface area contributed by atoms with Crippen LogP contribution in [0.3, 0.4) is 0 Å². The zero-order chi connectivity index (χ0) is 21.9. The second kappa shape index (κ2) is 11.5. The molecular weight excluding hydrogens is 388 g/mol. The Morgan fingerprint density at radius 1 is 0.733 bits per heavy atom. The molecule has 2 N–H and O–H groups in total. The number of ether oxygens (including phenoxy) is 4. The van der Waals surface area contributed by atoms with Crippen molar-refractivity contribution >= 4 is 11.8 Å². The van der Waals surface area contributed by atoms with Crippen molar-refractivity contribution in [3.8, 4) is 23.0 Å². The second-order valence-corrected chi connectivity index (χ2v) is 6.15. The van der Waals surface area contributed by atoms with E-state index in [0.717, 1.165) is 6.42 Å².